The van der Waals surface area contributed by atoms with Crippen molar-refractivity contribution in [2.24, 2.45) is 0 Å². The third-order valence-electron chi connectivity index (χ3n) is 1.98. The molecule has 0 aliphatic rings. The maximum Gasteiger partial charge on any atom is 0.220 e. The minimum absolute atomic E-state index is 0.0918. The second-order valence-electron chi connectivity index (χ2n) is 4.11. The van der Waals surface area contributed by atoms with Gasteiger partial charge >= 0.3 is 0 Å². The van der Waals surface area contributed by atoms with Crippen LogP contribution in [0.2, 0.25) is 0 Å². The van der Waals surface area contributed by atoms with Crippen LogP contribution in [0.1, 0.15) is 32.0 Å². The van der Waals surface area contributed by atoms with Crippen LogP contribution < -0.4 is 4.74 Å². The highest BCUT2D eigenvalue weighted by Crippen LogP contribution is 2.31. The predicted molar refractivity (Wildman–Crippen MR) is 53.2 cm³/mol. The summed E-state index contributed by atoms with van der Waals surface area (Å²) >= 11 is 0. The Morgan fingerprint density at radius 3 is 2.43 bits per heavy atom. The first-order valence-electron chi connectivity index (χ1n) is 4.50. The van der Waals surface area contributed by atoms with E-state index < -0.39 is 0 Å². The van der Waals surface area contributed by atoms with E-state index in [4.69, 9.17) is 9.84 Å². The average molecular weight is 196 g/mol. The highest BCUT2D eigenvalue weighted by molar-refractivity contribution is 5.35. The van der Waals surface area contributed by atoms with E-state index in [2.05, 4.69) is 9.97 Å². The Morgan fingerprint density at radius 2 is 2.00 bits per heavy atom. The highest BCUT2D eigenvalue weighted by Gasteiger charge is 2.24. The van der Waals surface area contributed by atoms with Crippen LogP contribution in [0.4, 0.5) is 0 Å². The molecule has 1 N–H and O–H groups in total. The van der Waals surface area contributed by atoms with Crippen molar-refractivity contribution < 1.29 is 9.84 Å². The quantitative estimate of drug-likeness (QED) is 0.774. The minimum atomic E-state index is -0.134. The van der Waals surface area contributed by atoms with Gasteiger partial charge in [0.2, 0.25) is 5.88 Å². The van der Waals surface area contributed by atoms with Crippen molar-refractivity contribution in [3.05, 3.63) is 17.6 Å². The zero-order chi connectivity index (χ0) is 10.8. The molecule has 78 valence electrons. The average Bonchev–Trinajstić information content (AvgIpc) is 2.15. The van der Waals surface area contributed by atoms with E-state index in [9.17, 15) is 0 Å². The molecule has 0 aliphatic heterocycles. The summed E-state index contributed by atoms with van der Waals surface area (Å²) in [6.07, 6.45) is 1.40. The van der Waals surface area contributed by atoms with Crippen LogP contribution >= 0.6 is 0 Å². The smallest absolute Gasteiger partial charge is 0.220 e. The van der Waals surface area contributed by atoms with Gasteiger partial charge in [-0.05, 0) is 5.41 Å². The van der Waals surface area contributed by atoms with Crippen molar-refractivity contribution in [3.63, 3.8) is 0 Å². The first kappa shape index (κ1) is 10.9. The maximum absolute atomic E-state index is 9.16. The Labute approximate surface area is 84.0 Å². The van der Waals surface area contributed by atoms with Gasteiger partial charge in [0.15, 0.2) is 0 Å². The fourth-order valence-electron chi connectivity index (χ4n) is 1.43. The Kier molecular flexibility index (Phi) is 3.06. The van der Waals surface area contributed by atoms with Crippen molar-refractivity contribution >= 4 is 0 Å². The zero-order valence-corrected chi connectivity index (χ0v) is 9.03. The molecule has 0 aliphatic carbocycles. The molecule has 1 rings (SSSR count). The molecular formula is C10H16N2O2. The van der Waals surface area contributed by atoms with Gasteiger partial charge in [0.05, 0.1) is 19.4 Å². The lowest BCUT2D eigenvalue weighted by Gasteiger charge is -2.22. The molecule has 0 saturated carbocycles. The molecule has 0 radical (unpaired) electrons. The Balaban J connectivity index is 3.34. The first-order valence-corrected chi connectivity index (χ1v) is 4.50. The van der Waals surface area contributed by atoms with E-state index in [-0.39, 0.29) is 12.0 Å². The van der Waals surface area contributed by atoms with E-state index in [1.807, 2.05) is 20.8 Å². The van der Waals surface area contributed by atoms with Gasteiger partial charge in [0.25, 0.3) is 0 Å². The van der Waals surface area contributed by atoms with E-state index in [0.29, 0.717) is 11.6 Å². The lowest BCUT2D eigenvalue weighted by atomic mass is 9.86. The summed E-state index contributed by atoms with van der Waals surface area (Å²) in [5, 5.41) is 9.16. The second kappa shape index (κ2) is 3.92. The molecule has 0 amide bonds. The van der Waals surface area contributed by atoms with Gasteiger partial charge < -0.3 is 9.84 Å². The van der Waals surface area contributed by atoms with Gasteiger partial charge in [0, 0.05) is 5.56 Å². The summed E-state index contributed by atoms with van der Waals surface area (Å²) < 4.78 is 5.15. The molecular weight excluding hydrogens is 180 g/mol. The number of aliphatic hydroxyl groups excluding tert-OH is 1. The van der Waals surface area contributed by atoms with Crippen LogP contribution in [0.15, 0.2) is 6.33 Å². The zero-order valence-electron chi connectivity index (χ0n) is 9.03. The standard InChI is InChI=1S/C10H16N2O2/c1-10(2,3)8-7(5-13)11-6-12-9(8)14-4/h6,13H,5H2,1-4H3. The molecule has 0 fully saturated rings. The maximum atomic E-state index is 9.16. The number of aliphatic hydroxyl groups is 1. The van der Waals surface area contributed by atoms with Crippen LogP contribution in [0.5, 0.6) is 5.88 Å². The molecule has 0 saturated heterocycles. The van der Waals surface area contributed by atoms with Gasteiger partial charge in [-0.1, -0.05) is 20.8 Å². The number of aromatic nitrogens is 2. The summed E-state index contributed by atoms with van der Waals surface area (Å²) in [6, 6.07) is 0. The topological polar surface area (TPSA) is 55.2 Å². The molecule has 4 heteroatoms. The molecule has 1 aromatic rings. The molecule has 1 heterocycles. The van der Waals surface area contributed by atoms with Gasteiger partial charge in [-0.15, -0.1) is 0 Å². The molecule has 0 aromatic carbocycles. The van der Waals surface area contributed by atoms with Crippen molar-refractivity contribution in [2.45, 2.75) is 32.8 Å². The molecule has 14 heavy (non-hydrogen) atoms. The lowest BCUT2D eigenvalue weighted by Crippen LogP contribution is -2.18. The van der Waals surface area contributed by atoms with Crippen molar-refractivity contribution in [1.29, 1.82) is 0 Å². The molecule has 0 atom stereocenters. The van der Waals surface area contributed by atoms with E-state index in [0.717, 1.165) is 5.56 Å². The van der Waals surface area contributed by atoms with Gasteiger partial charge in [-0.25, -0.2) is 9.97 Å². The fourth-order valence-corrected chi connectivity index (χ4v) is 1.43. The number of ether oxygens (including phenoxy) is 1. The SMILES string of the molecule is COc1ncnc(CO)c1C(C)(C)C. The Morgan fingerprint density at radius 1 is 1.36 bits per heavy atom. The number of hydrogen-bond donors (Lipinski definition) is 1. The third kappa shape index (κ3) is 2.01. The van der Waals surface area contributed by atoms with Crippen LogP contribution in [0.3, 0.4) is 0 Å². The summed E-state index contributed by atoms with van der Waals surface area (Å²) in [5.74, 6) is 0.538. The fraction of sp³-hybridized carbons (Fsp3) is 0.600. The summed E-state index contributed by atoms with van der Waals surface area (Å²) in [5.41, 5.74) is 1.36. The van der Waals surface area contributed by atoms with Crippen molar-refractivity contribution in [3.8, 4) is 5.88 Å². The molecule has 0 unspecified atom stereocenters. The molecule has 1 aromatic heterocycles. The highest BCUT2D eigenvalue weighted by atomic mass is 16.5. The molecule has 4 nitrogen and oxygen atoms in total. The van der Waals surface area contributed by atoms with E-state index >= 15 is 0 Å². The van der Waals surface area contributed by atoms with Crippen molar-refractivity contribution in [2.75, 3.05) is 7.11 Å². The number of nitrogens with zero attached hydrogens (tertiary/aromatic N) is 2. The minimum Gasteiger partial charge on any atom is -0.481 e. The van der Waals surface area contributed by atoms with Crippen LogP contribution in [-0.2, 0) is 12.0 Å². The predicted octanol–water partition coefficient (Wildman–Crippen LogP) is 1.27. The van der Waals surface area contributed by atoms with E-state index in [1.165, 1.54) is 6.33 Å². The lowest BCUT2D eigenvalue weighted by molar-refractivity contribution is 0.270. The number of hydrogen-bond acceptors (Lipinski definition) is 4. The molecule has 0 spiro atoms. The number of rotatable bonds is 2. The van der Waals surface area contributed by atoms with Crippen LogP contribution in [-0.4, -0.2) is 22.2 Å². The third-order valence-corrected chi connectivity index (χ3v) is 1.98. The van der Waals surface area contributed by atoms with Gasteiger partial charge in [-0.3, -0.25) is 0 Å². The Hall–Kier alpha value is -1.16. The van der Waals surface area contributed by atoms with Gasteiger partial charge in [0.1, 0.15) is 6.33 Å². The van der Waals surface area contributed by atoms with E-state index in [1.54, 1.807) is 7.11 Å². The summed E-state index contributed by atoms with van der Waals surface area (Å²) in [4.78, 5) is 8.06. The normalized spacial score (nSPS) is 11.5. The molecule has 0 bridgehead atoms. The van der Waals surface area contributed by atoms with Gasteiger partial charge in [-0.2, -0.15) is 0 Å². The first-order chi connectivity index (χ1) is 6.50. The van der Waals surface area contributed by atoms with Crippen molar-refractivity contribution in [1.82, 2.24) is 9.97 Å². The summed E-state index contributed by atoms with van der Waals surface area (Å²) in [6.45, 7) is 6.01. The largest absolute Gasteiger partial charge is 0.481 e. The Bertz CT molecular complexity index is 296. The monoisotopic (exact) mass is 196 g/mol. The van der Waals surface area contributed by atoms with Crippen LogP contribution in [0, 0.1) is 0 Å². The number of methoxy groups -OCH3 is 1. The summed E-state index contributed by atoms with van der Waals surface area (Å²) in [7, 11) is 1.57. The second-order valence-corrected chi connectivity index (χ2v) is 4.11. The van der Waals surface area contributed by atoms with Crippen LogP contribution in [0.25, 0.3) is 0 Å².